The van der Waals surface area contributed by atoms with Gasteiger partial charge in [-0.2, -0.15) is 0 Å². The largest absolute Gasteiger partial charge is 0.504 e. The number of aryl methyl sites for hydroxylation is 1. The Morgan fingerprint density at radius 1 is 1.02 bits per heavy atom. The van der Waals surface area contributed by atoms with Crippen LogP contribution in [0.25, 0.3) is 0 Å². The number of ether oxygens (including phenoxy) is 1. The SMILES string of the molecule is CCCCCC(O)C(CCCCC)C(=O)CCc1ccc(O)c(OCN2C=C3N=CC(Cc4cccc(C(N)N)c4)=C3C2)c1. The van der Waals surface area contributed by atoms with E-state index in [-0.39, 0.29) is 24.2 Å². The number of rotatable bonds is 19. The van der Waals surface area contributed by atoms with Crippen molar-refractivity contribution >= 4 is 12.0 Å². The summed E-state index contributed by atoms with van der Waals surface area (Å²) < 4.78 is 6.04. The Balaban J connectivity index is 1.32. The standard InChI is InChI=1S/C36H50N4O4/c1-3-5-7-12-29(32(41)13-8-6-4-2)33(42)16-14-25-15-17-34(43)35(20-25)44-24-40-22-30-28(21-39-31(30)23-40)19-26-10-9-11-27(18-26)36(37)38/h9-11,15,17-18,20-21,23,29,32,36,41,43H,3-8,12-14,16,19,22,24,37-38H2,1-2H3. The first-order valence-electron chi connectivity index (χ1n) is 16.3. The molecule has 2 heterocycles. The maximum Gasteiger partial charge on any atom is 0.163 e. The molecule has 44 heavy (non-hydrogen) atoms. The first-order valence-corrected chi connectivity index (χ1v) is 16.3. The van der Waals surface area contributed by atoms with Gasteiger partial charge in [0.1, 0.15) is 5.78 Å². The first-order chi connectivity index (χ1) is 21.3. The third-order valence-corrected chi connectivity index (χ3v) is 8.62. The van der Waals surface area contributed by atoms with E-state index in [4.69, 9.17) is 16.2 Å². The second-order valence-electron chi connectivity index (χ2n) is 12.2. The van der Waals surface area contributed by atoms with Crippen molar-refractivity contribution in [2.45, 2.75) is 96.7 Å². The van der Waals surface area contributed by atoms with Crippen LogP contribution in [0, 0.1) is 5.92 Å². The Labute approximate surface area is 262 Å². The minimum atomic E-state index is -0.576. The molecule has 2 aliphatic heterocycles. The van der Waals surface area contributed by atoms with Gasteiger partial charge in [0.05, 0.1) is 18.0 Å². The fourth-order valence-corrected chi connectivity index (χ4v) is 5.97. The maximum atomic E-state index is 13.2. The van der Waals surface area contributed by atoms with E-state index in [1.807, 2.05) is 47.6 Å². The molecular formula is C36H50N4O4. The van der Waals surface area contributed by atoms with Crippen LogP contribution in [0.2, 0.25) is 0 Å². The van der Waals surface area contributed by atoms with E-state index in [0.717, 1.165) is 84.9 Å². The highest BCUT2D eigenvalue weighted by Gasteiger charge is 2.27. The lowest BCUT2D eigenvalue weighted by Crippen LogP contribution is -2.28. The number of aliphatic imine (C=N–C) groups is 1. The van der Waals surface area contributed by atoms with E-state index >= 15 is 0 Å². The molecule has 238 valence electrons. The molecule has 0 fully saturated rings. The van der Waals surface area contributed by atoms with Gasteiger partial charge in [0.25, 0.3) is 0 Å². The molecule has 2 aliphatic rings. The molecule has 0 amide bonds. The normalized spacial score (nSPS) is 15.6. The van der Waals surface area contributed by atoms with Crippen LogP contribution in [0.5, 0.6) is 11.5 Å². The number of nitrogens with two attached hydrogens (primary N) is 2. The van der Waals surface area contributed by atoms with Crippen LogP contribution in [0.4, 0.5) is 0 Å². The summed E-state index contributed by atoms with van der Waals surface area (Å²) in [5.74, 6) is 0.264. The van der Waals surface area contributed by atoms with E-state index in [1.54, 1.807) is 6.07 Å². The topological polar surface area (TPSA) is 134 Å². The number of carbonyl (C=O) groups is 1. The molecule has 0 spiro atoms. The van der Waals surface area contributed by atoms with Gasteiger partial charge >= 0.3 is 0 Å². The predicted octanol–water partition coefficient (Wildman–Crippen LogP) is 6.06. The number of hydrogen-bond acceptors (Lipinski definition) is 8. The molecular weight excluding hydrogens is 552 g/mol. The van der Waals surface area contributed by atoms with E-state index < -0.39 is 12.3 Å². The summed E-state index contributed by atoms with van der Waals surface area (Å²) in [6.07, 6.45) is 12.1. The van der Waals surface area contributed by atoms with Gasteiger partial charge in [-0.25, -0.2) is 0 Å². The molecule has 0 aromatic heterocycles. The number of nitrogens with zero attached hydrogens (tertiary/aromatic N) is 2. The minimum Gasteiger partial charge on any atom is -0.504 e. The fraction of sp³-hybridized carbons (Fsp3) is 0.500. The molecule has 8 heteroatoms. The van der Waals surface area contributed by atoms with Crippen molar-refractivity contribution in [1.82, 2.24) is 4.90 Å². The number of unbranched alkanes of at least 4 members (excludes halogenated alkanes) is 4. The third-order valence-electron chi connectivity index (χ3n) is 8.62. The van der Waals surface area contributed by atoms with Crippen molar-refractivity contribution in [1.29, 1.82) is 0 Å². The van der Waals surface area contributed by atoms with Gasteiger partial charge in [0.2, 0.25) is 0 Å². The minimum absolute atomic E-state index is 0.0619. The Hall–Kier alpha value is -3.46. The molecule has 6 N–H and O–H groups in total. The molecule has 2 aromatic rings. The lowest BCUT2D eigenvalue weighted by atomic mass is 9.86. The summed E-state index contributed by atoms with van der Waals surface area (Å²) in [6.45, 7) is 5.21. The highest BCUT2D eigenvalue weighted by Crippen LogP contribution is 2.33. The van der Waals surface area contributed by atoms with Gasteiger partial charge in [0, 0.05) is 36.9 Å². The van der Waals surface area contributed by atoms with Crippen molar-refractivity contribution in [3.8, 4) is 11.5 Å². The zero-order chi connectivity index (χ0) is 31.5. The lowest BCUT2D eigenvalue weighted by molar-refractivity contribution is -0.126. The molecule has 0 saturated carbocycles. The molecule has 0 bridgehead atoms. The van der Waals surface area contributed by atoms with E-state index in [2.05, 4.69) is 24.9 Å². The molecule has 0 aliphatic carbocycles. The summed E-state index contributed by atoms with van der Waals surface area (Å²) in [5, 5.41) is 21.3. The third kappa shape index (κ3) is 9.27. The van der Waals surface area contributed by atoms with Gasteiger partial charge in [-0.1, -0.05) is 82.7 Å². The van der Waals surface area contributed by atoms with Crippen LogP contribution in [-0.2, 0) is 17.6 Å². The zero-order valence-corrected chi connectivity index (χ0v) is 26.4. The number of carbonyl (C=O) groups excluding carboxylic acids is 1. The van der Waals surface area contributed by atoms with E-state index in [9.17, 15) is 15.0 Å². The molecule has 2 aromatic carbocycles. The molecule has 0 radical (unpaired) electrons. The van der Waals surface area contributed by atoms with Crippen molar-refractivity contribution < 1.29 is 19.7 Å². The number of phenols is 1. The average molecular weight is 603 g/mol. The average Bonchev–Trinajstić information content (AvgIpc) is 3.59. The number of benzene rings is 2. The Morgan fingerprint density at radius 2 is 1.80 bits per heavy atom. The van der Waals surface area contributed by atoms with Crippen molar-refractivity contribution in [3.05, 3.63) is 82.2 Å². The van der Waals surface area contributed by atoms with Crippen LogP contribution in [0.1, 0.15) is 94.5 Å². The molecule has 2 atom stereocenters. The summed E-state index contributed by atoms with van der Waals surface area (Å²) in [5.41, 5.74) is 17.9. The number of aliphatic hydroxyl groups is 1. The number of Topliss-reactive ketones (excluding diaryl/α,β-unsaturated/α-hetero) is 1. The second-order valence-corrected chi connectivity index (χ2v) is 12.2. The lowest BCUT2D eigenvalue weighted by Gasteiger charge is -2.22. The quantitative estimate of drug-likeness (QED) is 0.113. The molecule has 8 nitrogen and oxygen atoms in total. The smallest absolute Gasteiger partial charge is 0.163 e. The second kappa shape index (κ2) is 16.6. The monoisotopic (exact) mass is 602 g/mol. The van der Waals surface area contributed by atoms with Gasteiger partial charge < -0.3 is 31.3 Å². The highest BCUT2D eigenvalue weighted by molar-refractivity contribution is 5.87. The summed E-state index contributed by atoms with van der Waals surface area (Å²) in [6, 6.07) is 13.3. The molecule has 4 rings (SSSR count). The Bertz CT molecular complexity index is 1350. The Morgan fingerprint density at radius 3 is 2.55 bits per heavy atom. The van der Waals surface area contributed by atoms with Gasteiger partial charge in [-0.15, -0.1) is 0 Å². The number of allylic oxidation sites excluding steroid dienone is 1. The fourth-order valence-electron chi connectivity index (χ4n) is 5.97. The first kappa shape index (κ1) is 33.4. The zero-order valence-electron chi connectivity index (χ0n) is 26.4. The van der Waals surface area contributed by atoms with E-state index in [1.165, 1.54) is 0 Å². The summed E-state index contributed by atoms with van der Waals surface area (Å²) >= 11 is 0. The van der Waals surface area contributed by atoms with Crippen LogP contribution in [-0.4, -0.2) is 46.5 Å². The number of hydrogen-bond donors (Lipinski definition) is 4. The van der Waals surface area contributed by atoms with Gasteiger partial charge in [-0.05, 0) is 60.1 Å². The van der Waals surface area contributed by atoms with Crippen molar-refractivity contribution in [2.24, 2.45) is 22.4 Å². The van der Waals surface area contributed by atoms with Crippen molar-refractivity contribution in [3.63, 3.8) is 0 Å². The van der Waals surface area contributed by atoms with Crippen LogP contribution >= 0.6 is 0 Å². The number of phenolic OH excluding ortho intramolecular Hbond substituents is 1. The molecule has 2 unspecified atom stereocenters. The van der Waals surface area contributed by atoms with Crippen molar-refractivity contribution in [2.75, 3.05) is 13.3 Å². The van der Waals surface area contributed by atoms with Crippen LogP contribution in [0.15, 0.2) is 70.5 Å². The van der Waals surface area contributed by atoms with Gasteiger partial charge in [0.15, 0.2) is 18.2 Å². The highest BCUT2D eigenvalue weighted by atomic mass is 16.5. The maximum absolute atomic E-state index is 13.2. The number of fused-ring (bicyclic) bond motifs is 1. The van der Waals surface area contributed by atoms with Crippen LogP contribution in [0.3, 0.4) is 0 Å². The Kier molecular flexibility index (Phi) is 12.6. The predicted molar refractivity (Wildman–Crippen MR) is 176 cm³/mol. The summed E-state index contributed by atoms with van der Waals surface area (Å²) in [4.78, 5) is 19.9. The number of aliphatic hydroxyl groups excluding tert-OH is 1. The van der Waals surface area contributed by atoms with Crippen LogP contribution < -0.4 is 16.2 Å². The van der Waals surface area contributed by atoms with E-state index in [0.29, 0.717) is 31.6 Å². The summed E-state index contributed by atoms with van der Waals surface area (Å²) in [7, 11) is 0. The number of ketones is 1. The molecule has 0 saturated heterocycles. The number of aromatic hydroxyl groups is 1. The van der Waals surface area contributed by atoms with Gasteiger partial charge in [-0.3, -0.25) is 9.79 Å².